The van der Waals surface area contributed by atoms with Gasteiger partial charge in [0, 0.05) is 19.0 Å². The van der Waals surface area contributed by atoms with Crippen molar-refractivity contribution in [2.24, 2.45) is 7.05 Å². The first-order valence-electron chi connectivity index (χ1n) is 6.94. The Labute approximate surface area is 121 Å². The minimum Gasteiger partial charge on any atom is -0.377 e. The van der Waals surface area contributed by atoms with E-state index in [1.807, 2.05) is 13.0 Å². The molecule has 1 aromatic heterocycles. The van der Waals surface area contributed by atoms with Gasteiger partial charge in [0.25, 0.3) is 11.5 Å². The quantitative estimate of drug-likeness (QED) is 0.778. The molecule has 1 aliphatic rings. The Bertz CT molecular complexity index is 753. The van der Waals surface area contributed by atoms with E-state index in [-0.39, 0.29) is 17.5 Å². The van der Waals surface area contributed by atoms with Crippen LogP contribution in [0, 0.1) is 0 Å². The van der Waals surface area contributed by atoms with Crippen molar-refractivity contribution in [1.82, 2.24) is 14.7 Å². The average Bonchev–Trinajstić information content (AvgIpc) is 2.51. The molecular weight excluding hydrogens is 270 g/mol. The number of aromatic nitrogens is 2. The fourth-order valence-electron chi connectivity index (χ4n) is 2.62. The Morgan fingerprint density at radius 2 is 2.05 bits per heavy atom. The van der Waals surface area contributed by atoms with E-state index in [0.29, 0.717) is 36.2 Å². The zero-order chi connectivity index (χ0) is 15.0. The number of morpholine rings is 1. The third kappa shape index (κ3) is 2.31. The highest BCUT2D eigenvalue weighted by atomic mass is 16.5. The molecule has 1 saturated heterocycles. The summed E-state index contributed by atoms with van der Waals surface area (Å²) in [7, 11) is 1.56. The van der Waals surface area contributed by atoms with Gasteiger partial charge in [-0.3, -0.25) is 9.59 Å². The van der Waals surface area contributed by atoms with Crippen LogP contribution in [-0.4, -0.2) is 46.4 Å². The van der Waals surface area contributed by atoms with Gasteiger partial charge < -0.3 is 9.64 Å². The third-order valence-electron chi connectivity index (χ3n) is 3.79. The molecule has 21 heavy (non-hydrogen) atoms. The van der Waals surface area contributed by atoms with Crippen molar-refractivity contribution in [3.63, 3.8) is 0 Å². The van der Waals surface area contributed by atoms with Crippen molar-refractivity contribution in [3.05, 3.63) is 40.3 Å². The van der Waals surface area contributed by atoms with E-state index in [0.717, 1.165) is 0 Å². The summed E-state index contributed by atoms with van der Waals surface area (Å²) >= 11 is 0. The van der Waals surface area contributed by atoms with Crippen LogP contribution in [-0.2, 0) is 11.8 Å². The van der Waals surface area contributed by atoms with Crippen molar-refractivity contribution >= 4 is 16.7 Å². The number of amides is 1. The van der Waals surface area contributed by atoms with Gasteiger partial charge in [-0.1, -0.05) is 18.2 Å². The molecule has 6 nitrogen and oxygen atoms in total. The molecule has 1 atom stereocenters. The van der Waals surface area contributed by atoms with Gasteiger partial charge in [0.05, 0.1) is 24.6 Å². The van der Waals surface area contributed by atoms with Crippen LogP contribution >= 0.6 is 0 Å². The smallest absolute Gasteiger partial charge is 0.275 e. The first-order valence-corrected chi connectivity index (χ1v) is 6.94. The molecule has 0 N–H and O–H groups in total. The third-order valence-corrected chi connectivity index (χ3v) is 3.79. The van der Waals surface area contributed by atoms with E-state index in [4.69, 9.17) is 4.74 Å². The van der Waals surface area contributed by atoms with Gasteiger partial charge in [-0.2, -0.15) is 5.10 Å². The second kappa shape index (κ2) is 5.29. The molecule has 0 radical (unpaired) electrons. The highest BCUT2D eigenvalue weighted by molar-refractivity contribution is 6.04. The summed E-state index contributed by atoms with van der Waals surface area (Å²) in [6, 6.07) is 7.09. The molecule has 6 heteroatoms. The zero-order valence-electron chi connectivity index (χ0n) is 12.1. The number of benzene rings is 1. The van der Waals surface area contributed by atoms with Gasteiger partial charge in [0.2, 0.25) is 0 Å². The zero-order valence-corrected chi connectivity index (χ0v) is 12.1. The molecule has 0 aliphatic carbocycles. The Hall–Kier alpha value is -2.21. The fraction of sp³-hybridized carbons (Fsp3) is 0.400. The minimum atomic E-state index is -0.197. The normalized spacial score (nSPS) is 19.0. The van der Waals surface area contributed by atoms with E-state index in [2.05, 4.69) is 5.10 Å². The molecule has 0 spiro atoms. The average molecular weight is 287 g/mol. The summed E-state index contributed by atoms with van der Waals surface area (Å²) in [5.74, 6) is -0.155. The van der Waals surface area contributed by atoms with Gasteiger partial charge in [0.1, 0.15) is 0 Å². The number of ether oxygens (including phenoxy) is 1. The molecule has 1 aliphatic heterocycles. The summed E-state index contributed by atoms with van der Waals surface area (Å²) in [4.78, 5) is 26.6. The second-order valence-corrected chi connectivity index (χ2v) is 5.25. The molecule has 1 aromatic carbocycles. The van der Waals surface area contributed by atoms with Crippen molar-refractivity contribution in [1.29, 1.82) is 0 Å². The monoisotopic (exact) mass is 287 g/mol. The lowest BCUT2D eigenvalue weighted by molar-refractivity contribution is 0.00327. The molecular formula is C15H17N3O3. The molecule has 3 rings (SSSR count). The first kappa shape index (κ1) is 13.8. The van der Waals surface area contributed by atoms with Crippen LogP contribution in [0.5, 0.6) is 0 Å². The Morgan fingerprint density at radius 1 is 1.33 bits per heavy atom. The maximum absolute atomic E-state index is 12.8. The van der Waals surface area contributed by atoms with Crippen LogP contribution in [0.15, 0.2) is 29.1 Å². The van der Waals surface area contributed by atoms with Crippen LogP contribution in [0.25, 0.3) is 10.8 Å². The summed E-state index contributed by atoms with van der Waals surface area (Å²) in [5.41, 5.74) is 0.124. The number of rotatable bonds is 1. The van der Waals surface area contributed by atoms with Crippen molar-refractivity contribution in [2.75, 3.05) is 19.8 Å². The predicted molar refractivity (Wildman–Crippen MR) is 78.3 cm³/mol. The number of nitrogens with zero attached hydrogens (tertiary/aromatic N) is 3. The van der Waals surface area contributed by atoms with E-state index < -0.39 is 0 Å². The SMILES string of the molecule is CC1COCCN1C(=O)c1nn(C)c(=O)c2ccccc12. The number of aryl methyl sites for hydroxylation is 1. The molecule has 1 amide bonds. The van der Waals surface area contributed by atoms with Crippen molar-refractivity contribution in [2.45, 2.75) is 13.0 Å². The van der Waals surface area contributed by atoms with Crippen LogP contribution in [0.2, 0.25) is 0 Å². The number of carbonyl (C=O) groups excluding carboxylic acids is 1. The van der Waals surface area contributed by atoms with Crippen LogP contribution in [0.1, 0.15) is 17.4 Å². The predicted octanol–water partition coefficient (Wildman–Crippen LogP) is 0.794. The lowest BCUT2D eigenvalue weighted by atomic mass is 10.1. The van der Waals surface area contributed by atoms with Gasteiger partial charge >= 0.3 is 0 Å². The lowest BCUT2D eigenvalue weighted by Gasteiger charge is -2.33. The maximum Gasteiger partial charge on any atom is 0.275 e. The summed E-state index contributed by atoms with van der Waals surface area (Å²) in [5, 5.41) is 5.30. The molecule has 1 unspecified atom stereocenters. The van der Waals surface area contributed by atoms with Gasteiger partial charge in [0.15, 0.2) is 5.69 Å². The van der Waals surface area contributed by atoms with E-state index in [1.165, 1.54) is 4.68 Å². The highest BCUT2D eigenvalue weighted by Gasteiger charge is 2.27. The van der Waals surface area contributed by atoms with E-state index >= 15 is 0 Å². The van der Waals surface area contributed by atoms with E-state index in [1.54, 1.807) is 30.1 Å². The lowest BCUT2D eigenvalue weighted by Crippen LogP contribution is -2.47. The standard InChI is InChI=1S/C15H17N3O3/c1-10-9-21-8-7-18(10)15(20)13-11-5-3-4-6-12(11)14(19)17(2)16-13/h3-6,10H,7-9H2,1-2H3. The summed E-state index contributed by atoms with van der Waals surface area (Å²) in [6.45, 7) is 3.54. The largest absolute Gasteiger partial charge is 0.377 e. The number of fused-ring (bicyclic) bond motifs is 1. The molecule has 2 heterocycles. The summed E-state index contributed by atoms with van der Waals surface area (Å²) < 4.78 is 6.58. The highest BCUT2D eigenvalue weighted by Crippen LogP contribution is 2.17. The number of carbonyl (C=O) groups is 1. The van der Waals surface area contributed by atoms with Crippen LogP contribution in [0.3, 0.4) is 0 Å². The van der Waals surface area contributed by atoms with Crippen LogP contribution in [0.4, 0.5) is 0 Å². The fourth-order valence-corrected chi connectivity index (χ4v) is 2.62. The summed E-state index contributed by atoms with van der Waals surface area (Å²) in [6.07, 6.45) is 0. The van der Waals surface area contributed by atoms with Crippen molar-refractivity contribution < 1.29 is 9.53 Å². The van der Waals surface area contributed by atoms with Gasteiger partial charge in [-0.05, 0) is 13.0 Å². The topological polar surface area (TPSA) is 64.4 Å². The van der Waals surface area contributed by atoms with Gasteiger partial charge in [-0.15, -0.1) is 0 Å². The van der Waals surface area contributed by atoms with Crippen LogP contribution < -0.4 is 5.56 Å². The first-order chi connectivity index (χ1) is 10.1. The van der Waals surface area contributed by atoms with Gasteiger partial charge in [-0.25, -0.2) is 4.68 Å². The maximum atomic E-state index is 12.8. The Morgan fingerprint density at radius 3 is 2.76 bits per heavy atom. The molecule has 0 saturated carbocycles. The number of hydrogen-bond acceptors (Lipinski definition) is 4. The molecule has 2 aromatic rings. The number of hydrogen-bond donors (Lipinski definition) is 0. The molecule has 1 fully saturated rings. The molecule has 110 valence electrons. The minimum absolute atomic E-state index is 0.00375. The Balaban J connectivity index is 2.14. The molecule has 0 bridgehead atoms. The Kier molecular flexibility index (Phi) is 3.47. The van der Waals surface area contributed by atoms with Crippen molar-refractivity contribution in [3.8, 4) is 0 Å². The second-order valence-electron chi connectivity index (χ2n) is 5.25. The van der Waals surface area contributed by atoms with E-state index in [9.17, 15) is 9.59 Å².